The fraction of sp³-hybridized carbons (Fsp3) is 0.581. The molecule has 3 fully saturated rings. The van der Waals surface area contributed by atoms with Gasteiger partial charge in [-0.25, -0.2) is 0 Å². The summed E-state index contributed by atoms with van der Waals surface area (Å²) in [5, 5.41) is 10.4. The quantitative estimate of drug-likeness (QED) is 0.223. The average molecular weight is 555 g/mol. The molecule has 7 nitrogen and oxygen atoms in total. The average Bonchev–Trinajstić information content (AvgIpc) is 3.48. The monoisotopic (exact) mass is 554 g/mol. The third-order valence-corrected chi connectivity index (χ3v) is 10.7. The third kappa shape index (κ3) is 5.18. The van der Waals surface area contributed by atoms with Crippen LogP contribution in [0.15, 0.2) is 55.6 Å². The summed E-state index contributed by atoms with van der Waals surface area (Å²) < 4.78 is 4.45. The number of carbonyl (C=O) groups is 3. The first kappa shape index (κ1) is 29.4. The highest BCUT2D eigenvalue weighted by molar-refractivity contribution is 8.02. The molecule has 0 aliphatic carbocycles. The van der Waals surface area contributed by atoms with Crippen molar-refractivity contribution in [1.82, 2.24) is 9.80 Å². The van der Waals surface area contributed by atoms with Gasteiger partial charge in [-0.05, 0) is 44.1 Å². The molecule has 1 aromatic carbocycles. The van der Waals surface area contributed by atoms with Crippen LogP contribution in [0.1, 0.15) is 52.0 Å². The Balaban J connectivity index is 1.74. The zero-order valence-corrected chi connectivity index (χ0v) is 24.2. The Morgan fingerprint density at radius 1 is 1.23 bits per heavy atom. The van der Waals surface area contributed by atoms with Gasteiger partial charge < -0.3 is 19.6 Å². The Kier molecular flexibility index (Phi) is 8.96. The lowest BCUT2D eigenvalue weighted by atomic mass is 9.66. The first-order valence-electron chi connectivity index (χ1n) is 14.0. The van der Waals surface area contributed by atoms with Crippen molar-refractivity contribution in [3.8, 4) is 0 Å². The second kappa shape index (κ2) is 11.9. The van der Waals surface area contributed by atoms with Gasteiger partial charge in [0.25, 0.3) is 0 Å². The van der Waals surface area contributed by atoms with Crippen LogP contribution >= 0.6 is 11.8 Å². The molecule has 8 heteroatoms. The van der Waals surface area contributed by atoms with Crippen LogP contribution in [0, 0.1) is 17.8 Å². The number of amides is 2. The Labute approximate surface area is 236 Å². The number of rotatable bonds is 13. The lowest BCUT2D eigenvalue weighted by Gasteiger charge is -2.40. The van der Waals surface area contributed by atoms with Crippen LogP contribution in [0.25, 0.3) is 0 Å². The highest BCUT2D eigenvalue weighted by Crippen LogP contribution is 2.72. The number of nitrogens with zero attached hydrogens (tertiary/aromatic N) is 2. The molecule has 0 aromatic heterocycles. The minimum Gasteiger partial charge on any atom is -0.465 e. The third-order valence-electron chi connectivity index (χ3n) is 8.69. The summed E-state index contributed by atoms with van der Waals surface area (Å²) >= 11 is 1.62. The van der Waals surface area contributed by atoms with Crippen LogP contribution in [-0.2, 0) is 25.7 Å². The molecule has 2 unspecified atom stereocenters. The van der Waals surface area contributed by atoms with Crippen LogP contribution in [-0.4, -0.2) is 74.0 Å². The van der Waals surface area contributed by atoms with E-state index in [0.717, 1.165) is 18.4 Å². The Bertz CT molecular complexity index is 1090. The molecule has 0 saturated carbocycles. The molecule has 212 valence electrons. The second-order valence-electron chi connectivity index (χ2n) is 11.6. The number of carbonyl (C=O) groups excluding carboxylic acids is 3. The van der Waals surface area contributed by atoms with E-state index in [1.807, 2.05) is 51.1 Å². The lowest BCUT2D eigenvalue weighted by Crippen LogP contribution is -2.58. The van der Waals surface area contributed by atoms with E-state index in [4.69, 9.17) is 4.74 Å². The highest BCUT2D eigenvalue weighted by atomic mass is 32.2. The van der Waals surface area contributed by atoms with E-state index in [2.05, 4.69) is 13.2 Å². The van der Waals surface area contributed by atoms with E-state index in [0.29, 0.717) is 25.9 Å². The van der Waals surface area contributed by atoms with Crippen molar-refractivity contribution in [2.75, 3.05) is 19.8 Å². The molecular weight excluding hydrogens is 512 g/mol. The van der Waals surface area contributed by atoms with Crippen LogP contribution in [0.5, 0.6) is 0 Å². The Morgan fingerprint density at radius 3 is 2.56 bits per heavy atom. The number of allylic oxidation sites excluding steroid dienone is 1. The molecule has 3 aliphatic heterocycles. The summed E-state index contributed by atoms with van der Waals surface area (Å²) in [5.41, 5.74) is 0.983. The summed E-state index contributed by atoms with van der Waals surface area (Å²) in [4.78, 5) is 45.8. The van der Waals surface area contributed by atoms with E-state index in [9.17, 15) is 19.5 Å². The summed E-state index contributed by atoms with van der Waals surface area (Å²) in [6.45, 7) is 14.3. The predicted octanol–water partition coefficient (Wildman–Crippen LogP) is 4.21. The number of fused-ring (bicyclic) bond motifs is 1. The molecule has 2 bridgehead atoms. The van der Waals surface area contributed by atoms with Gasteiger partial charge in [0, 0.05) is 17.8 Å². The Hall–Kier alpha value is -2.58. The van der Waals surface area contributed by atoms with E-state index in [1.165, 1.54) is 0 Å². The van der Waals surface area contributed by atoms with Gasteiger partial charge in [-0.1, -0.05) is 56.3 Å². The first-order chi connectivity index (χ1) is 18.6. The molecule has 39 heavy (non-hydrogen) atoms. The van der Waals surface area contributed by atoms with Gasteiger partial charge in [0.1, 0.15) is 6.04 Å². The summed E-state index contributed by atoms with van der Waals surface area (Å²) in [5.74, 6) is -2.12. The largest absolute Gasteiger partial charge is 0.465 e. The SMILES string of the molecule is C=CCCCOC(=O)[C@@H]1[C@H]2C(=O)N([C@@H](CO)C(C)C)C(C(=O)N(CC=C)Cc3ccccc3)C23CC[C@@]1(C)S3. The summed E-state index contributed by atoms with van der Waals surface area (Å²) in [6, 6.07) is 8.43. The molecule has 1 spiro atoms. The van der Waals surface area contributed by atoms with Crippen molar-refractivity contribution < 1.29 is 24.2 Å². The van der Waals surface area contributed by atoms with Crippen molar-refractivity contribution in [2.45, 2.75) is 74.6 Å². The zero-order chi connectivity index (χ0) is 28.4. The second-order valence-corrected chi connectivity index (χ2v) is 13.5. The van der Waals surface area contributed by atoms with E-state index < -0.39 is 33.4 Å². The lowest BCUT2D eigenvalue weighted by molar-refractivity contribution is -0.156. The molecule has 3 heterocycles. The molecular formula is C31H42N2O5S. The zero-order valence-electron chi connectivity index (χ0n) is 23.4. The number of aliphatic hydroxyl groups excluding tert-OH is 1. The molecule has 0 radical (unpaired) electrons. The van der Waals surface area contributed by atoms with Gasteiger partial charge in [-0.15, -0.1) is 24.9 Å². The van der Waals surface area contributed by atoms with Gasteiger partial charge >= 0.3 is 5.97 Å². The number of benzene rings is 1. The van der Waals surface area contributed by atoms with Crippen molar-refractivity contribution >= 4 is 29.5 Å². The van der Waals surface area contributed by atoms with E-state index in [-0.39, 0.29) is 36.9 Å². The van der Waals surface area contributed by atoms with Gasteiger partial charge in [0.05, 0.1) is 35.8 Å². The predicted molar refractivity (Wildman–Crippen MR) is 154 cm³/mol. The van der Waals surface area contributed by atoms with Crippen molar-refractivity contribution in [2.24, 2.45) is 17.8 Å². The molecule has 1 N–H and O–H groups in total. The standard InChI is InChI=1S/C31H42N2O5S/c1-6-8-12-18-38-29(37)25-24-27(35)33(23(20-34)21(3)4)26(31(24)16-15-30(25,5)39-31)28(36)32(17-7-2)19-22-13-10-9-11-14-22/h6-7,9-11,13-14,21,23-26,34H,1-2,8,12,15-20H2,3-5H3/t23-,24-,25-,26?,30+,31?/m0/s1. The van der Waals surface area contributed by atoms with Crippen LogP contribution in [0.4, 0.5) is 0 Å². The molecule has 2 amide bonds. The maximum Gasteiger partial charge on any atom is 0.311 e. The molecule has 3 aliphatic rings. The number of esters is 1. The normalized spacial score (nSPS) is 29.8. The van der Waals surface area contributed by atoms with Crippen LogP contribution in [0.2, 0.25) is 0 Å². The van der Waals surface area contributed by atoms with Gasteiger partial charge in [-0.3, -0.25) is 14.4 Å². The number of thioether (sulfide) groups is 1. The summed E-state index contributed by atoms with van der Waals surface area (Å²) in [6.07, 6.45) is 6.29. The number of aliphatic hydroxyl groups is 1. The number of unbranched alkanes of at least 4 members (excludes halogenated alkanes) is 1. The minimum atomic E-state index is -0.788. The topological polar surface area (TPSA) is 87.1 Å². The van der Waals surface area contributed by atoms with E-state index >= 15 is 0 Å². The fourth-order valence-electron chi connectivity index (χ4n) is 6.83. The maximum absolute atomic E-state index is 14.6. The molecule has 3 saturated heterocycles. The molecule has 4 rings (SSSR count). The highest BCUT2D eigenvalue weighted by Gasteiger charge is 2.78. The number of ether oxygens (including phenoxy) is 1. The maximum atomic E-state index is 14.6. The number of hydrogen-bond donors (Lipinski definition) is 1. The minimum absolute atomic E-state index is 0.0754. The smallest absolute Gasteiger partial charge is 0.311 e. The fourth-order valence-corrected chi connectivity index (χ4v) is 9.16. The van der Waals surface area contributed by atoms with Crippen molar-refractivity contribution in [3.63, 3.8) is 0 Å². The number of hydrogen-bond acceptors (Lipinski definition) is 6. The molecule has 6 atom stereocenters. The Morgan fingerprint density at radius 2 is 1.95 bits per heavy atom. The van der Waals surface area contributed by atoms with Gasteiger partial charge in [0.2, 0.25) is 11.8 Å². The molecule has 1 aromatic rings. The van der Waals surface area contributed by atoms with Crippen molar-refractivity contribution in [1.29, 1.82) is 0 Å². The van der Waals surface area contributed by atoms with E-state index in [1.54, 1.807) is 33.7 Å². The van der Waals surface area contributed by atoms with Crippen LogP contribution in [0.3, 0.4) is 0 Å². The van der Waals surface area contributed by atoms with Crippen molar-refractivity contribution in [3.05, 3.63) is 61.2 Å². The summed E-state index contributed by atoms with van der Waals surface area (Å²) in [7, 11) is 0. The number of likely N-dealkylation sites (tertiary alicyclic amines) is 1. The first-order valence-corrected chi connectivity index (χ1v) is 14.8. The van der Waals surface area contributed by atoms with Gasteiger partial charge in [0.15, 0.2) is 0 Å². The van der Waals surface area contributed by atoms with Crippen LogP contribution < -0.4 is 0 Å². The van der Waals surface area contributed by atoms with Gasteiger partial charge in [-0.2, -0.15) is 0 Å².